The fourth-order valence-corrected chi connectivity index (χ4v) is 2.21. The Bertz CT molecular complexity index is 576. The number of hydroxylamine groups is 1. The molecule has 1 saturated heterocycles. The van der Waals surface area contributed by atoms with E-state index in [1.54, 1.807) is 6.92 Å². The average molecular weight is 287 g/mol. The highest BCUT2D eigenvalue weighted by atomic mass is 19.2. The Hall–Kier alpha value is -1.89. The molecule has 0 aliphatic carbocycles. The SMILES string of the molecule is CCCC(=O)C1(c2cc(F)c(F)cc2F)CONC1=O. The second-order valence-electron chi connectivity index (χ2n) is 4.54. The summed E-state index contributed by atoms with van der Waals surface area (Å²) in [6.07, 6.45) is 0.425. The third kappa shape index (κ3) is 2.07. The van der Waals surface area contributed by atoms with Crippen molar-refractivity contribution in [3.05, 3.63) is 35.1 Å². The lowest BCUT2D eigenvalue weighted by atomic mass is 9.75. The summed E-state index contributed by atoms with van der Waals surface area (Å²) < 4.78 is 40.2. The Morgan fingerprint density at radius 2 is 1.95 bits per heavy atom. The molecule has 1 aliphatic rings. The van der Waals surface area contributed by atoms with E-state index in [0.717, 1.165) is 0 Å². The van der Waals surface area contributed by atoms with Gasteiger partial charge in [-0.25, -0.2) is 18.7 Å². The molecule has 1 fully saturated rings. The second kappa shape index (κ2) is 5.24. The van der Waals surface area contributed by atoms with Gasteiger partial charge in [-0.2, -0.15) is 0 Å². The largest absolute Gasteiger partial charge is 0.298 e. The van der Waals surface area contributed by atoms with Crippen LogP contribution < -0.4 is 5.48 Å². The molecule has 1 unspecified atom stereocenters. The van der Waals surface area contributed by atoms with Crippen molar-refractivity contribution in [3.8, 4) is 0 Å². The lowest BCUT2D eigenvalue weighted by Crippen LogP contribution is -2.45. The highest BCUT2D eigenvalue weighted by Gasteiger charge is 2.53. The maximum Gasteiger partial charge on any atom is 0.264 e. The van der Waals surface area contributed by atoms with Crippen LogP contribution in [0.25, 0.3) is 0 Å². The molecule has 108 valence electrons. The van der Waals surface area contributed by atoms with E-state index in [2.05, 4.69) is 0 Å². The van der Waals surface area contributed by atoms with Crippen LogP contribution in [0.4, 0.5) is 13.2 Å². The van der Waals surface area contributed by atoms with E-state index in [9.17, 15) is 22.8 Å². The van der Waals surface area contributed by atoms with E-state index in [-0.39, 0.29) is 6.42 Å². The molecule has 1 aromatic rings. The molecule has 20 heavy (non-hydrogen) atoms. The third-order valence-corrected chi connectivity index (χ3v) is 3.26. The number of hydrogen-bond acceptors (Lipinski definition) is 3. The van der Waals surface area contributed by atoms with E-state index in [1.165, 1.54) is 0 Å². The number of Topliss-reactive ketones (excluding diaryl/α,β-unsaturated/α-hetero) is 1. The Morgan fingerprint density at radius 1 is 1.30 bits per heavy atom. The minimum atomic E-state index is -1.96. The van der Waals surface area contributed by atoms with Crippen LogP contribution in [-0.4, -0.2) is 18.3 Å². The molecule has 2 rings (SSSR count). The minimum Gasteiger partial charge on any atom is -0.298 e. The van der Waals surface area contributed by atoms with E-state index in [4.69, 9.17) is 4.84 Å². The summed E-state index contributed by atoms with van der Waals surface area (Å²) in [5.74, 6) is -5.34. The molecule has 0 radical (unpaired) electrons. The van der Waals surface area contributed by atoms with E-state index < -0.39 is 46.7 Å². The lowest BCUT2D eigenvalue weighted by molar-refractivity contribution is -0.134. The summed E-state index contributed by atoms with van der Waals surface area (Å²) in [6.45, 7) is 1.26. The number of hydrogen-bond donors (Lipinski definition) is 1. The van der Waals surface area contributed by atoms with Crippen LogP contribution in [0.3, 0.4) is 0 Å². The van der Waals surface area contributed by atoms with Crippen LogP contribution >= 0.6 is 0 Å². The lowest BCUT2D eigenvalue weighted by Gasteiger charge is -2.23. The second-order valence-corrected chi connectivity index (χ2v) is 4.54. The molecular weight excluding hydrogens is 275 g/mol. The molecule has 1 atom stereocenters. The van der Waals surface area contributed by atoms with Crippen molar-refractivity contribution < 1.29 is 27.6 Å². The van der Waals surface area contributed by atoms with Crippen molar-refractivity contribution >= 4 is 11.7 Å². The topological polar surface area (TPSA) is 55.4 Å². The molecule has 1 amide bonds. The van der Waals surface area contributed by atoms with Gasteiger partial charge in [-0.15, -0.1) is 0 Å². The predicted molar refractivity (Wildman–Crippen MR) is 62.0 cm³/mol. The summed E-state index contributed by atoms with van der Waals surface area (Å²) in [6, 6.07) is 0.851. The van der Waals surface area contributed by atoms with Crippen molar-refractivity contribution in [2.24, 2.45) is 0 Å². The zero-order chi connectivity index (χ0) is 14.9. The molecule has 1 heterocycles. The first kappa shape index (κ1) is 14.5. The van der Waals surface area contributed by atoms with Gasteiger partial charge in [0.1, 0.15) is 12.4 Å². The molecule has 0 saturated carbocycles. The summed E-state index contributed by atoms with van der Waals surface area (Å²) in [5, 5.41) is 0. The van der Waals surface area contributed by atoms with Gasteiger partial charge in [-0.1, -0.05) is 6.92 Å². The number of amides is 1. The maximum absolute atomic E-state index is 13.9. The Morgan fingerprint density at radius 3 is 2.50 bits per heavy atom. The average Bonchev–Trinajstić information content (AvgIpc) is 2.77. The monoisotopic (exact) mass is 287 g/mol. The third-order valence-electron chi connectivity index (χ3n) is 3.26. The summed E-state index contributed by atoms with van der Waals surface area (Å²) >= 11 is 0. The normalized spacial score (nSPS) is 21.9. The van der Waals surface area contributed by atoms with Crippen molar-refractivity contribution in [3.63, 3.8) is 0 Å². The highest BCUT2D eigenvalue weighted by Crippen LogP contribution is 2.34. The van der Waals surface area contributed by atoms with Crippen LogP contribution in [0.15, 0.2) is 12.1 Å². The smallest absolute Gasteiger partial charge is 0.264 e. The first-order chi connectivity index (χ1) is 9.43. The van der Waals surface area contributed by atoms with Gasteiger partial charge in [0, 0.05) is 18.1 Å². The highest BCUT2D eigenvalue weighted by molar-refractivity contribution is 6.12. The molecule has 0 aromatic heterocycles. The molecule has 4 nitrogen and oxygen atoms in total. The fourth-order valence-electron chi connectivity index (χ4n) is 2.21. The number of benzene rings is 1. The number of carbonyl (C=O) groups is 2. The molecule has 1 aliphatic heterocycles. The Kier molecular flexibility index (Phi) is 3.80. The van der Waals surface area contributed by atoms with Gasteiger partial charge in [-0.3, -0.25) is 14.4 Å². The van der Waals surface area contributed by atoms with Gasteiger partial charge >= 0.3 is 0 Å². The molecule has 0 spiro atoms. The van der Waals surface area contributed by atoms with Crippen LogP contribution in [0.5, 0.6) is 0 Å². The summed E-state index contributed by atoms with van der Waals surface area (Å²) in [7, 11) is 0. The number of ketones is 1. The molecule has 1 aromatic carbocycles. The van der Waals surface area contributed by atoms with Crippen molar-refractivity contribution in [1.82, 2.24) is 5.48 Å². The number of carbonyl (C=O) groups excluding carboxylic acids is 2. The molecule has 0 bridgehead atoms. The Balaban J connectivity index is 2.61. The van der Waals surface area contributed by atoms with Crippen LogP contribution in [0.2, 0.25) is 0 Å². The minimum absolute atomic E-state index is 0.00475. The fraction of sp³-hybridized carbons (Fsp3) is 0.385. The first-order valence-corrected chi connectivity index (χ1v) is 6.04. The first-order valence-electron chi connectivity index (χ1n) is 6.04. The quantitative estimate of drug-likeness (QED) is 0.678. The molecule has 1 N–H and O–H groups in total. The number of rotatable bonds is 4. The standard InChI is InChI=1S/C13H12F3NO3/c1-2-3-11(18)13(6-20-17-12(13)19)7-4-9(15)10(16)5-8(7)14/h4-5H,2-3,6H2,1H3,(H,17,19). The van der Waals surface area contributed by atoms with Gasteiger partial charge in [0.25, 0.3) is 5.91 Å². The van der Waals surface area contributed by atoms with Gasteiger partial charge in [-0.05, 0) is 12.5 Å². The van der Waals surface area contributed by atoms with Gasteiger partial charge < -0.3 is 0 Å². The van der Waals surface area contributed by atoms with Crippen LogP contribution in [0.1, 0.15) is 25.3 Å². The van der Waals surface area contributed by atoms with E-state index >= 15 is 0 Å². The van der Waals surface area contributed by atoms with Gasteiger partial charge in [0.05, 0.1) is 0 Å². The van der Waals surface area contributed by atoms with Crippen molar-refractivity contribution in [1.29, 1.82) is 0 Å². The molecule has 7 heteroatoms. The molecular formula is C13H12F3NO3. The van der Waals surface area contributed by atoms with E-state index in [0.29, 0.717) is 18.6 Å². The van der Waals surface area contributed by atoms with Crippen LogP contribution in [-0.2, 0) is 19.8 Å². The van der Waals surface area contributed by atoms with Gasteiger partial charge in [0.15, 0.2) is 22.8 Å². The number of halogens is 3. The summed E-state index contributed by atoms with van der Waals surface area (Å²) in [5.41, 5.74) is -0.506. The van der Waals surface area contributed by atoms with Crippen molar-refractivity contribution in [2.45, 2.75) is 25.2 Å². The predicted octanol–water partition coefficient (Wildman–Crippen LogP) is 1.77. The zero-order valence-corrected chi connectivity index (χ0v) is 10.6. The van der Waals surface area contributed by atoms with Crippen LogP contribution in [0, 0.1) is 17.5 Å². The maximum atomic E-state index is 13.9. The summed E-state index contributed by atoms with van der Waals surface area (Å²) in [4.78, 5) is 28.8. The zero-order valence-electron chi connectivity index (χ0n) is 10.6. The van der Waals surface area contributed by atoms with E-state index in [1.807, 2.05) is 5.48 Å². The Labute approximate surface area is 112 Å². The van der Waals surface area contributed by atoms with Crippen molar-refractivity contribution in [2.75, 3.05) is 6.61 Å². The number of nitrogens with one attached hydrogen (secondary N) is 1. The van der Waals surface area contributed by atoms with Gasteiger partial charge in [0.2, 0.25) is 0 Å².